The zero-order valence-corrected chi connectivity index (χ0v) is 17.4. The molecule has 0 radical (unpaired) electrons. The summed E-state index contributed by atoms with van der Waals surface area (Å²) in [5, 5.41) is 2.78. The third-order valence-electron chi connectivity index (χ3n) is 4.66. The normalized spacial score (nSPS) is 13.2. The van der Waals surface area contributed by atoms with Crippen LogP contribution in [0.1, 0.15) is 37.4 Å². The summed E-state index contributed by atoms with van der Waals surface area (Å²) >= 11 is 0. The van der Waals surface area contributed by atoms with Crippen LogP contribution in [0.5, 0.6) is 0 Å². The van der Waals surface area contributed by atoms with Crippen LogP contribution in [0.15, 0.2) is 54.6 Å². The van der Waals surface area contributed by atoms with Crippen molar-refractivity contribution < 1.29 is 18.7 Å². The lowest BCUT2D eigenvalue weighted by Crippen LogP contribution is -2.46. The molecule has 2 aromatic carbocycles. The van der Waals surface area contributed by atoms with Crippen molar-refractivity contribution in [3.8, 4) is 0 Å². The van der Waals surface area contributed by atoms with Crippen molar-refractivity contribution in [1.29, 1.82) is 0 Å². The highest BCUT2D eigenvalue weighted by Gasteiger charge is 2.25. The van der Waals surface area contributed by atoms with E-state index in [2.05, 4.69) is 5.32 Å². The predicted molar refractivity (Wildman–Crippen MR) is 111 cm³/mol. The maximum absolute atomic E-state index is 13.4. The van der Waals surface area contributed by atoms with Gasteiger partial charge in [-0.15, -0.1) is 0 Å². The van der Waals surface area contributed by atoms with Crippen LogP contribution in [0.25, 0.3) is 0 Å². The summed E-state index contributed by atoms with van der Waals surface area (Å²) in [5.41, 5.74) is 1.86. The number of nitrogens with one attached hydrogen (secondary N) is 1. The molecular weight excluding hydrogens is 371 g/mol. The summed E-state index contributed by atoms with van der Waals surface area (Å²) in [6.07, 6.45) is 0.502. The number of carbonyl (C=O) groups is 2. The molecule has 2 aromatic rings. The van der Waals surface area contributed by atoms with Crippen molar-refractivity contribution in [2.24, 2.45) is 5.92 Å². The Balaban J connectivity index is 2.18. The molecule has 0 saturated heterocycles. The first-order chi connectivity index (χ1) is 13.8. The van der Waals surface area contributed by atoms with Crippen LogP contribution in [0.4, 0.5) is 4.39 Å². The number of rotatable bonds is 9. The minimum absolute atomic E-state index is 0.0720. The second-order valence-corrected chi connectivity index (χ2v) is 7.55. The van der Waals surface area contributed by atoms with Crippen LogP contribution in [0, 0.1) is 11.7 Å². The van der Waals surface area contributed by atoms with Gasteiger partial charge in [-0.2, -0.15) is 0 Å². The smallest absolute Gasteiger partial charge is 0.328 e. The molecule has 0 aliphatic carbocycles. The Hall–Kier alpha value is -2.73. The maximum atomic E-state index is 13.4. The number of halogens is 1. The van der Waals surface area contributed by atoms with Crippen molar-refractivity contribution in [3.63, 3.8) is 0 Å². The molecule has 0 spiro atoms. The number of esters is 1. The summed E-state index contributed by atoms with van der Waals surface area (Å²) in [4.78, 5) is 26.5. The maximum Gasteiger partial charge on any atom is 0.328 e. The van der Waals surface area contributed by atoms with Gasteiger partial charge >= 0.3 is 5.97 Å². The summed E-state index contributed by atoms with van der Waals surface area (Å²) in [7, 11) is 3.14. The van der Waals surface area contributed by atoms with Crippen LogP contribution in [0.3, 0.4) is 0 Å². The van der Waals surface area contributed by atoms with E-state index in [4.69, 9.17) is 4.74 Å². The summed E-state index contributed by atoms with van der Waals surface area (Å²) in [5.74, 6) is -0.802. The number of carbonyl (C=O) groups excluding carboxylic acids is 2. The van der Waals surface area contributed by atoms with Gasteiger partial charge in [0.05, 0.1) is 19.7 Å². The Labute approximate surface area is 171 Å². The second kappa shape index (κ2) is 10.7. The van der Waals surface area contributed by atoms with Gasteiger partial charge in [-0.1, -0.05) is 56.3 Å². The minimum atomic E-state index is -0.679. The number of methoxy groups -OCH3 is 1. The fraction of sp³-hybridized carbons (Fsp3) is 0.391. The van der Waals surface area contributed by atoms with Gasteiger partial charge in [0.15, 0.2) is 0 Å². The number of hydrogen-bond acceptors (Lipinski definition) is 4. The molecule has 1 amide bonds. The van der Waals surface area contributed by atoms with E-state index >= 15 is 0 Å². The first-order valence-corrected chi connectivity index (χ1v) is 9.69. The molecule has 2 atom stereocenters. The predicted octanol–water partition coefficient (Wildman–Crippen LogP) is 3.55. The fourth-order valence-electron chi connectivity index (χ4n) is 3.37. The third-order valence-corrected chi connectivity index (χ3v) is 4.66. The zero-order valence-electron chi connectivity index (χ0n) is 17.4. The van der Waals surface area contributed by atoms with Crippen molar-refractivity contribution in [2.75, 3.05) is 20.7 Å². The van der Waals surface area contributed by atoms with Crippen LogP contribution < -0.4 is 5.32 Å². The van der Waals surface area contributed by atoms with Gasteiger partial charge in [0.1, 0.15) is 11.9 Å². The number of amides is 1. The van der Waals surface area contributed by atoms with E-state index in [9.17, 15) is 14.0 Å². The van der Waals surface area contributed by atoms with E-state index in [-0.39, 0.29) is 30.2 Å². The van der Waals surface area contributed by atoms with E-state index in [0.717, 1.165) is 11.1 Å². The SMILES string of the molecule is COC(=O)C(CC(C)C)NC(=O)CN(C)C(c1ccccc1)c1ccc(F)cc1. The van der Waals surface area contributed by atoms with Crippen LogP contribution in [0.2, 0.25) is 0 Å². The van der Waals surface area contributed by atoms with E-state index < -0.39 is 12.0 Å². The lowest BCUT2D eigenvalue weighted by Gasteiger charge is -2.29. The van der Waals surface area contributed by atoms with Gasteiger partial charge in [0, 0.05) is 0 Å². The zero-order chi connectivity index (χ0) is 21.4. The molecule has 6 heteroatoms. The van der Waals surface area contributed by atoms with Crippen LogP contribution in [-0.4, -0.2) is 43.5 Å². The van der Waals surface area contributed by atoms with Crippen molar-refractivity contribution in [2.45, 2.75) is 32.4 Å². The Kier molecular flexibility index (Phi) is 8.34. The molecule has 2 rings (SSSR count). The number of ether oxygens (including phenoxy) is 1. The molecule has 0 fully saturated rings. The molecular formula is C23H29FN2O3. The molecule has 1 N–H and O–H groups in total. The summed E-state index contributed by atoms with van der Waals surface area (Å²) in [6, 6.07) is 15.1. The van der Waals surface area contributed by atoms with Crippen molar-refractivity contribution >= 4 is 11.9 Å². The molecule has 0 aliphatic rings. The third kappa shape index (κ3) is 6.68. The Morgan fingerprint density at radius 2 is 1.62 bits per heavy atom. The average Bonchev–Trinajstić information content (AvgIpc) is 2.69. The Bertz CT molecular complexity index is 794. The molecule has 5 nitrogen and oxygen atoms in total. The highest BCUT2D eigenvalue weighted by Crippen LogP contribution is 2.27. The summed E-state index contributed by atoms with van der Waals surface area (Å²) < 4.78 is 18.2. The molecule has 0 heterocycles. The highest BCUT2D eigenvalue weighted by molar-refractivity contribution is 5.85. The van der Waals surface area contributed by atoms with Gasteiger partial charge in [-0.05, 0) is 42.6 Å². The average molecular weight is 400 g/mol. The largest absolute Gasteiger partial charge is 0.467 e. The number of nitrogens with zero attached hydrogens (tertiary/aromatic N) is 1. The molecule has 156 valence electrons. The highest BCUT2D eigenvalue weighted by atomic mass is 19.1. The van der Waals surface area contributed by atoms with Crippen molar-refractivity contribution in [1.82, 2.24) is 10.2 Å². The second-order valence-electron chi connectivity index (χ2n) is 7.55. The fourth-order valence-corrected chi connectivity index (χ4v) is 3.37. The lowest BCUT2D eigenvalue weighted by atomic mass is 9.97. The van der Waals surface area contributed by atoms with E-state index in [1.54, 1.807) is 12.1 Å². The monoisotopic (exact) mass is 400 g/mol. The molecule has 2 unspecified atom stereocenters. The lowest BCUT2D eigenvalue weighted by molar-refractivity contribution is -0.145. The Morgan fingerprint density at radius 3 is 2.17 bits per heavy atom. The molecule has 0 saturated carbocycles. The van der Waals surface area contributed by atoms with Gasteiger partial charge in [0.2, 0.25) is 5.91 Å². The van der Waals surface area contributed by atoms with Gasteiger partial charge < -0.3 is 10.1 Å². The summed E-state index contributed by atoms with van der Waals surface area (Å²) in [6.45, 7) is 4.03. The van der Waals surface area contributed by atoms with Crippen LogP contribution in [-0.2, 0) is 14.3 Å². The van der Waals surface area contributed by atoms with E-state index in [1.807, 2.05) is 56.1 Å². The topological polar surface area (TPSA) is 58.6 Å². The van der Waals surface area contributed by atoms with Crippen LogP contribution >= 0.6 is 0 Å². The quantitative estimate of drug-likeness (QED) is 0.654. The standard InChI is InChI=1S/C23H29FN2O3/c1-16(2)14-20(23(28)29-4)25-21(27)15-26(3)22(17-8-6-5-7-9-17)18-10-12-19(24)13-11-18/h5-13,16,20,22H,14-15H2,1-4H3,(H,25,27). The molecule has 0 aromatic heterocycles. The van der Waals surface area contributed by atoms with Gasteiger partial charge in [0.25, 0.3) is 0 Å². The number of likely N-dealkylation sites (N-methyl/N-ethyl adjacent to an activating group) is 1. The first kappa shape index (κ1) is 22.6. The van der Waals surface area contributed by atoms with Crippen molar-refractivity contribution in [3.05, 3.63) is 71.5 Å². The van der Waals surface area contributed by atoms with E-state index in [0.29, 0.717) is 6.42 Å². The minimum Gasteiger partial charge on any atom is -0.467 e. The number of benzene rings is 2. The Morgan fingerprint density at radius 1 is 1.03 bits per heavy atom. The molecule has 0 bridgehead atoms. The van der Waals surface area contributed by atoms with Gasteiger partial charge in [-0.3, -0.25) is 9.69 Å². The first-order valence-electron chi connectivity index (χ1n) is 9.69. The number of hydrogen-bond donors (Lipinski definition) is 1. The molecule has 29 heavy (non-hydrogen) atoms. The molecule has 0 aliphatic heterocycles. The van der Waals surface area contributed by atoms with E-state index in [1.165, 1.54) is 19.2 Å². The van der Waals surface area contributed by atoms with Gasteiger partial charge in [-0.25, -0.2) is 9.18 Å².